The Bertz CT molecular complexity index is 949. The first-order valence-corrected chi connectivity index (χ1v) is 12.4. The van der Waals surface area contributed by atoms with Gasteiger partial charge in [-0.05, 0) is 61.1 Å². The Balaban J connectivity index is 1.62. The van der Waals surface area contributed by atoms with Crippen molar-refractivity contribution in [2.24, 2.45) is 10.8 Å². The Labute approximate surface area is 183 Å². The molecule has 0 spiro atoms. The SMILES string of the molecule is CC1(C)CC2CC(C)(CN2C(=O)C2CCCN2S(=O)(=O)c2cc(Cl)ccc2Cl)C1. The van der Waals surface area contributed by atoms with E-state index in [4.69, 9.17) is 23.2 Å². The highest BCUT2D eigenvalue weighted by molar-refractivity contribution is 7.89. The molecule has 3 atom stereocenters. The molecule has 0 radical (unpaired) electrons. The number of likely N-dealkylation sites (tertiary alicyclic amines) is 1. The molecule has 1 amide bonds. The molecule has 29 heavy (non-hydrogen) atoms. The van der Waals surface area contributed by atoms with Gasteiger partial charge in [-0.15, -0.1) is 0 Å². The molecule has 2 bridgehead atoms. The lowest BCUT2D eigenvalue weighted by molar-refractivity contribution is -0.135. The van der Waals surface area contributed by atoms with Gasteiger partial charge < -0.3 is 4.90 Å². The van der Waals surface area contributed by atoms with E-state index in [0.717, 1.165) is 19.3 Å². The zero-order chi connectivity index (χ0) is 21.2. The van der Waals surface area contributed by atoms with Gasteiger partial charge in [0.15, 0.2) is 0 Å². The van der Waals surface area contributed by atoms with Crippen LogP contribution in [-0.2, 0) is 14.8 Å². The third kappa shape index (κ3) is 3.82. The molecule has 4 rings (SSSR count). The number of amides is 1. The summed E-state index contributed by atoms with van der Waals surface area (Å²) in [5.74, 6) is -0.0596. The first-order chi connectivity index (χ1) is 13.4. The normalized spacial score (nSPS) is 32.0. The van der Waals surface area contributed by atoms with Crippen molar-refractivity contribution in [3.63, 3.8) is 0 Å². The Morgan fingerprint density at radius 3 is 2.62 bits per heavy atom. The van der Waals surface area contributed by atoms with Crippen LogP contribution in [-0.4, -0.2) is 48.7 Å². The average Bonchev–Trinajstić information content (AvgIpc) is 3.18. The molecule has 160 valence electrons. The third-order valence-corrected chi connectivity index (χ3v) is 9.29. The number of nitrogens with zero attached hydrogens (tertiary/aromatic N) is 2. The minimum Gasteiger partial charge on any atom is -0.338 e. The van der Waals surface area contributed by atoms with E-state index >= 15 is 0 Å². The highest BCUT2D eigenvalue weighted by Gasteiger charge is 2.53. The molecule has 1 saturated carbocycles. The molecule has 8 heteroatoms. The van der Waals surface area contributed by atoms with Gasteiger partial charge in [0, 0.05) is 24.2 Å². The smallest absolute Gasteiger partial charge is 0.245 e. The zero-order valence-electron chi connectivity index (χ0n) is 17.1. The molecule has 3 unspecified atom stereocenters. The van der Waals surface area contributed by atoms with Gasteiger partial charge in [0.2, 0.25) is 15.9 Å². The number of fused-ring (bicyclic) bond motifs is 2. The van der Waals surface area contributed by atoms with E-state index in [1.54, 1.807) is 6.07 Å². The summed E-state index contributed by atoms with van der Waals surface area (Å²) in [4.78, 5) is 15.5. The molecular formula is C21H28Cl2N2O3S. The van der Waals surface area contributed by atoms with Crippen LogP contribution in [0.2, 0.25) is 10.0 Å². The zero-order valence-corrected chi connectivity index (χ0v) is 19.4. The Hall–Kier alpha value is -0.820. The van der Waals surface area contributed by atoms with E-state index < -0.39 is 16.1 Å². The minimum absolute atomic E-state index is 0.0281. The topological polar surface area (TPSA) is 57.7 Å². The number of carbonyl (C=O) groups excluding carboxylic acids is 1. The van der Waals surface area contributed by atoms with E-state index in [-0.39, 0.29) is 32.7 Å². The largest absolute Gasteiger partial charge is 0.338 e. The lowest BCUT2D eigenvalue weighted by Crippen LogP contribution is -2.49. The van der Waals surface area contributed by atoms with Gasteiger partial charge >= 0.3 is 0 Å². The van der Waals surface area contributed by atoms with Gasteiger partial charge in [-0.3, -0.25) is 4.79 Å². The maximum atomic E-state index is 13.5. The van der Waals surface area contributed by atoms with Crippen molar-refractivity contribution in [1.82, 2.24) is 9.21 Å². The lowest BCUT2D eigenvalue weighted by Gasteiger charge is -2.39. The fourth-order valence-corrected chi connectivity index (χ4v) is 8.37. The highest BCUT2D eigenvalue weighted by atomic mass is 35.5. The molecule has 1 aromatic carbocycles. The fourth-order valence-electron chi connectivity index (χ4n) is 5.98. The van der Waals surface area contributed by atoms with E-state index in [9.17, 15) is 13.2 Å². The highest BCUT2D eigenvalue weighted by Crippen LogP contribution is 2.53. The molecule has 0 aromatic heterocycles. The quantitative estimate of drug-likeness (QED) is 0.665. The number of hydrogen-bond donors (Lipinski definition) is 0. The lowest BCUT2D eigenvalue weighted by atomic mass is 9.65. The number of rotatable bonds is 3. The fraction of sp³-hybridized carbons (Fsp3) is 0.667. The van der Waals surface area contributed by atoms with Gasteiger partial charge in [-0.2, -0.15) is 4.31 Å². The summed E-state index contributed by atoms with van der Waals surface area (Å²) in [6, 6.07) is 3.93. The molecule has 2 aliphatic heterocycles. The Kier molecular flexibility index (Phi) is 5.25. The molecule has 3 fully saturated rings. The molecule has 5 nitrogen and oxygen atoms in total. The van der Waals surface area contributed by atoms with Crippen molar-refractivity contribution in [3.05, 3.63) is 28.2 Å². The number of sulfonamides is 1. The van der Waals surface area contributed by atoms with Gasteiger partial charge in [0.1, 0.15) is 10.9 Å². The van der Waals surface area contributed by atoms with Gasteiger partial charge in [0.05, 0.1) is 5.02 Å². The number of halogens is 2. The second kappa shape index (κ2) is 7.11. The number of benzene rings is 1. The predicted molar refractivity (Wildman–Crippen MR) is 115 cm³/mol. The van der Waals surface area contributed by atoms with Crippen molar-refractivity contribution >= 4 is 39.1 Å². The molecule has 2 saturated heterocycles. The van der Waals surface area contributed by atoms with Crippen LogP contribution in [0.3, 0.4) is 0 Å². The van der Waals surface area contributed by atoms with E-state index in [1.165, 1.54) is 16.4 Å². The van der Waals surface area contributed by atoms with E-state index in [0.29, 0.717) is 31.0 Å². The summed E-state index contributed by atoms with van der Waals surface area (Å²) in [6.07, 6.45) is 4.26. The summed E-state index contributed by atoms with van der Waals surface area (Å²) in [5, 5.41) is 0.428. The maximum Gasteiger partial charge on any atom is 0.245 e. The van der Waals surface area contributed by atoms with Crippen LogP contribution in [0.15, 0.2) is 23.1 Å². The monoisotopic (exact) mass is 458 g/mol. The van der Waals surface area contributed by atoms with Gasteiger partial charge in [-0.1, -0.05) is 44.0 Å². The van der Waals surface area contributed by atoms with Gasteiger partial charge in [0.25, 0.3) is 0 Å². The van der Waals surface area contributed by atoms with Gasteiger partial charge in [-0.25, -0.2) is 8.42 Å². The van der Waals surface area contributed by atoms with Crippen molar-refractivity contribution in [2.45, 2.75) is 69.9 Å². The second-order valence-corrected chi connectivity index (χ2v) is 12.7. The van der Waals surface area contributed by atoms with Crippen LogP contribution >= 0.6 is 23.2 Å². The van der Waals surface area contributed by atoms with Crippen LogP contribution in [0.1, 0.15) is 52.9 Å². The first-order valence-electron chi connectivity index (χ1n) is 10.2. The summed E-state index contributed by atoms with van der Waals surface area (Å²) in [6.45, 7) is 7.81. The Morgan fingerprint density at radius 1 is 1.17 bits per heavy atom. The summed E-state index contributed by atoms with van der Waals surface area (Å²) in [5.41, 5.74) is 0.309. The summed E-state index contributed by atoms with van der Waals surface area (Å²) in [7, 11) is -3.91. The van der Waals surface area contributed by atoms with E-state index in [2.05, 4.69) is 20.8 Å². The van der Waals surface area contributed by atoms with Crippen molar-refractivity contribution in [2.75, 3.05) is 13.1 Å². The third-order valence-electron chi connectivity index (χ3n) is 6.67. The molecule has 2 heterocycles. The van der Waals surface area contributed by atoms with Crippen LogP contribution in [0.4, 0.5) is 0 Å². The van der Waals surface area contributed by atoms with Crippen molar-refractivity contribution < 1.29 is 13.2 Å². The van der Waals surface area contributed by atoms with Crippen LogP contribution in [0.5, 0.6) is 0 Å². The van der Waals surface area contributed by atoms with E-state index in [1.807, 2.05) is 4.90 Å². The molecule has 1 aromatic rings. The second-order valence-electron chi connectivity index (χ2n) is 10.0. The average molecular weight is 459 g/mol. The molecule has 3 aliphatic rings. The first kappa shape index (κ1) is 21.4. The minimum atomic E-state index is -3.91. The summed E-state index contributed by atoms with van der Waals surface area (Å²) >= 11 is 12.2. The number of carbonyl (C=O) groups is 1. The molecule has 0 N–H and O–H groups in total. The van der Waals surface area contributed by atoms with Crippen molar-refractivity contribution in [3.8, 4) is 0 Å². The van der Waals surface area contributed by atoms with Crippen LogP contribution in [0.25, 0.3) is 0 Å². The summed E-state index contributed by atoms with van der Waals surface area (Å²) < 4.78 is 28.0. The van der Waals surface area contributed by atoms with Crippen LogP contribution in [0, 0.1) is 10.8 Å². The molecule has 1 aliphatic carbocycles. The van der Waals surface area contributed by atoms with Crippen molar-refractivity contribution in [1.29, 1.82) is 0 Å². The number of hydrogen-bond acceptors (Lipinski definition) is 3. The van der Waals surface area contributed by atoms with Crippen LogP contribution < -0.4 is 0 Å². The maximum absolute atomic E-state index is 13.5. The Morgan fingerprint density at radius 2 is 1.90 bits per heavy atom. The predicted octanol–water partition coefficient (Wildman–Crippen LogP) is 4.57. The molecular weight excluding hydrogens is 431 g/mol. The standard InChI is InChI=1S/C21H28Cl2N2O3S/c1-20(2)10-15-11-21(3,12-20)13-24(15)19(26)17-5-4-8-25(17)29(27,28)18-9-14(22)6-7-16(18)23/h6-7,9,15,17H,4-5,8,10-13H2,1-3H3.